The molecule has 0 radical (unpaired) electrons. The molecule has 1 heteroatoms. The summed E-state index contributed by atoms with van der Waals surface area (Å²) >= 11 is 0. The molecular weight excluding hydrogens is 304 g/mol. The van der Waals surface area contributed by atoms with Crippen molar-refractivity contribution >= 4 is 0 Å². The Morgan fingerprint density at radius 2 is 1.48 bits per heavy atom. The van der Waals surface area contributed by atoms with Crippen molar-refractivity contribution in [2.24, 2.45) is 0 Å². The van der Waals surface area contributed by atoms with Crippen molar-refractivity contribution in [2.45, 2.75) is 109 Å². The van der Waals surface area contributed by atoms with E-state index in [0.717, 1.165) is 6.61 Å². The summed E-state index contributed by atoms with van der Waals surface area (Å²) in [6.07, 6.45) is 17.9. The quantitative estimate of drug-likeness (QED) is 0.358. The summed E-state index contributed by atoms with van der Waals surface area (Å²) in [5.74, 6) is 0.616. The van der Waals surface area contributed by atoms with E-state index in [2.05, 4.69) is 38.1 Å². The van der Waals surface area contributed by atoms with Crippen molar-refractivity contribution in [1.29, 1.82) is 0 Å². The molecule has 1 heterocycles. The van der Waals surface area contributed by atoms with Gasteiger partial charge in [-0.2, -0.15) is 0 Å². The molecule has 0 N–H and O–H groups in total. The van der Waals surface area contributed by atoms with Gasteiger partial charge in [-0.1, -0.05) is 89.5 Å². The summed E-state index contributed by atoms with van der Waals surface area (Å²) in [7, 11) is 0. The predicted molar refractivity (Wildman–Crippen MR) is 109 cm³/mol. The van der Waals surface area contributed by atoms with Crippen molar-refractivity contribution in [2.75, 3.05) is 6.61 Å². The maximum atomic E-state index is 6.18. The molecule has 1 aromatic carbocycles. The second-order valence-electron chi connectivity index (χ2n) is 7.98. The average Bonchev–Trinajstić information content (AvgIpc) is 2.66. The Morgan fingerprint density at radius 1 is 0.800 bits per heavy atom. The highest BCUT2D eigenvalue weighted by Crippen LogP contribution is 2.30. The molecule has 0 aliphatic carbocycles. The molecule has 1 nitrogen and oxygen atoms in total. The minimum atomic E-state index is 0.524. The molecule has 2 atom stereocenters. The van der Waals surface area contributed by atoms with E-state index < -0.39 is 0 Å². The van der Waals surface area contributed by atoms with Crippen molar-refractivity contribution < 1.29 is 4.74 Å². The van der Waals surface area contributed by atoms with Gasteiger partial charge in [0.15, 0.2) is 0 Å². The highest BCUT2D eigenvalue weighted by molar-refractivity contribution is 5.26. The lowest BCUT2D eigenvalue weighted by molar-refractivity contribution is -0.00214. The van der Waals surface area contributed by atoms with Crippen LogP contribution in [0.3, 0.4) is 0 Å². The smallest absolute Gasteiger partial charge is 0.0575 e. The molecule has 1 aromatic rings. The number of hydrogen-bond donors (Lipinski definition) is 0. The van der Waals surface area contributed by atoms with Crippen molar-refractivity contribution in [3.05, 3.63) is 35.4 Å². The van der Waals surface area contributed by atoms with Crippen molar-refractivity contribution in [3.63, 3.8) is 0 Å². The number of rotatable bonds is 12. The first kappa shape index (κ1) is 20.5. The van der Waals surface area contributed by atoms with E-state index >= 15 is 0 Å². The van der Waals surface area contributed by atoms with Gasteiger partial charge in [-0.25, -0.2) is 0 Å². The number of ether oxygens (including phenoxy) is 1. The zero-order valence-corrected chi connectivity index (χ0v) is 16.8. The third-order valence-electron chi connectivity index (χ3n) is 5.77. The molecule has 0 spiro atoms. The van der Waals surface area contributed by atoms with Gasteiger partial charge in [0.2, 0.25) is 0 Å². The van der Waals surface area contributed by atoms with Crippen molar-refractivity contribution in [3.8, 4) is 0 Å². The van der Waals surface area contributed by atoms with Gasteiger partial charge in [0.05, 0.1) is 12.7 Å². The molecule has 0 amide bonds. The largest absolute Gasteiger partial charge is 0.378 e. The van der Waals surface area contributed by atoms with Gasteiger partial charge in [0.1, 0.15) is 0 Å². The standard InChI is InChI=1S/C24H40O/c1-3-5-7-8-9-11-13-24-19-18-23(20-25-24)22-16-14-21(15-17-22)12-10-6-4-2/h14-17,23-24H,3-13,18-20H2,1-2H3. The molecular formula is C24H40O. The molecule has 25 heavy (non-hydrogen) atoms. The molecule has 1 aliphatic heterocycles. The Kier molecular flexibility index (Phi) is 10.3. The van der Waals surface area contributed by atoms with E-state index in [1.807, 2.05) is 0 Å². The van der Waals surface area contributed by atoms with Crippen LogP contribution in [0.4, 0.5) is 0 Å². The van der Waals surface area contributed by atoms with Crippen LogP contribution in [-0.2, 0) is 11.2 Å². The van der Waals surface area contributed by atoms with E-state index in [1.54, 1.807) is 0 Å². The SMILES string of the molecule is CCCCCCCCC1CCC(c2ccc(CCCCC)cc2)CO1. The Bertz CT molecular complexity index is 428. The van der Waals surface area contributed by atoms with E-state index in [1.165, 1.54) is 94.6 Å². The lowest BCUT2D eigenvalue weighted by Crippen LogP contribution is -2.24. The molecule has 1 aliphatic rings. The van der Waals surface area contributed by atoms with Crippen LogP contribution in [0.2, 0.25) is 0 Å². The second kappa shape index (κ2) is 12.5. The lowest BCUT2D eigenvalue weighted by atomic mass is 9.89. The Balaban J connectivity index is 1.62. The lowest BCUT2D eigenvalue weighted by Gasteiger charge is -2.29. The summed E-state index contributed by atoms with van der Waals surface area (Å²) in [6.45, 7) is 5.48. The summed E-state index contributed by atoms with van der Waals surface area (Å²) in [6, 6.07) is 9.38. The van der Waals surface area contributed by atoms with Crippen LogP contribution in [0.1, 0.15) is 108 Å². The van der Waals surface area contributed by atoms with Crippen LogP contribution in [0.15, 0.2) is 24.3 Å². The molecule has 1 fully saturated rings. The van der Waals surface area contributed by atoms with Crippen LogP contribution in [0.25, 0.3) is 0 Å². The van der Waals surface area contributed by atoms with E-state index in [-0.39, 0.29) is 0 Å². The third kappa shape index (κ3) is 7.94. The fourth-order valence-corrected chi connectivity index (χ4v) is 3.98. The van der Waals surface area contributed by atoms with E-state index in [0.29, 0.717) is 12.0 Å². The van der Waals surface area contributed by atoms with Gasteiger partial charge in [-0.05, 0) is 43.2 Å². The average molecular weight is 345 g/mol. The zero-order chi connectivity index (χ0) is 17.7. The Morgan fingerprint density at radius 3 is 2.16 bits per heavy atom. The number of benzene rings is 1. The molecule has 0 bridgehead atoms. The normalized spacial score (nSPS) is 20.7. The predicted octanol–water partition coefficient (Wildman–Crippen LogP) is 7.43. The Labute approximate surface area is 156 Å². The first-order chi connectivity index (χ1) is 12.3. The molecule has 2 unspecified atom stereocenters. The number of unbranched alkanes of at least 4 members (excludes halogenated alkanes) is 7. The first-order valence-electron chi connectivity index (χ1n) is 11.0. The molecule has 0 saturated carbocycles. The summed E-state index contributed by atoms with van der Waals surface area (Å²) < 4.78 is 6.18. The van der Waals surface area contributed by atoms with Crippen LogP contribution in [0, 0.1) is 0 Å². The van der Waals surface area contributed by atoms with Gasteiger partial charge in [-0.15, -0.1) is 0 Å². The van der Waals surface area contributed by atoms with E-state index in [9.17, 15) is 0 Å². The van der Waals surface area contributed by atoms with Crippen LogP contribution in [0.5, 0.6) is 0 Å². The highest BCUT2D eigenvalue weighted by Gasteiger charge is 2.22. The summed E-state index contributed by atoms with van der Waals surface area (Å²) in [5.41, 5.74) is 2.98. The molecule has 2 rings (SSSR count). The summed E-state index contributed by atoms with van der Waals surface area (Å²) in [4.78, 5) is 0. The second-order valence-corrected chi connectivity index (χ2v) is 7.98. The van der Waals surface area contributed by atoms with Crippen LogP contribution < -0.4 is 0 Å². The fraction of sp³-hybridized carbons (Fsp3) is 0.750. The fourth-order valence-electron chi connectivity index (χ4n) is 3.98. The number of aryl methyl sites for hydroxylation is 1. The van der Waals surface area contributed by atoms with E-state index in [4.69, 9.17) is 4.74 Å². The highest BCUT2D eigenvalue weighted by atomic mass is 16.5. The van der Waals surface area contributed by atoms with Crippen LogP contribution >= 0.6 is 0 Å². The van der Waals surface area contributed by atoms with Gasteiger partial charge in [-0.3, -0.25) is 0 Å². The monoisotopic (exact) mass is 344 g/mol. The van der Waals surface area contributed by atoms with Crippen molar-refractivity contribution in [1.82, 2.24) is 0 Å². The molecule has 142 valence electrons. The maximum absolute atomic E-state index is 6.18. The van der Waals surface area contributed by atoms with Gasteiger partial charge in [0.25, 0.3) is 0 Å². The maximum Gasteiger partial charge on any atom is 0.0575 e. The van der Waals surface area contributed by atoms with Gasteiger partial charge in [0, 0.05) is 5.92 Å². The zero-order valence-electron chi connectivity index (χ0n) is 16.8. The Hall–Kier alpha value is -0.820. The van der Waals surface area contributed by atoms with Crippen LogP contribution in [-0.4, -0.2) is 12.7 Å². The van der Waals surface area contributed by atoms with Gasteiger partial charge < -0.3 is 4.74 Å². The number of hydrogen-bond acceptors (Lipinski definition) is 1. The minimum absolute atomic E-state index is 0.524. The minimum Gasteiger partial charge on any atom is -0.378 e. The molecule has 1 saturated heterocycles. The third-order valence-corrected chi connectivity index (χ3v) is 5.77. The first-order valence-corrected chi connectivity index (χ1v) is 11.0. The topological polar surface area (TPSA) is 9.23 Å². The summed E-state index contributed by atoms with van der Waals surface area (Å²) in [5, 5.41) is 0. The van der Waals surface area contributed by atoms with Gasteiger partial charge >= 0.3 is 0 Å². The molecule has 0 aromatic heterocycles.